The van der Waals surface area contributed by atoms with Gasteiger partial charge in [0.1, 0.15) is 0 Å². The van der Waals surface area contributed by atoms with Crippen LogP contribution < -0.4 is 0 Å². The number of halogens is 1. The van der Waals surface area contributed by atoms with E-state index in [0.29, 0.717) is 6.10 Å². The molecule has 0 aromatic rings. The van der Waals surface area contributed by atoms with Gasteiger partial charge in [0.05, 0.1) is 6.10 Å². The van der Waals surface area contributed by atoms with Crippen LogP contribution >= 0.6 is 15.9 Å². The third kappa shape index (κ3) is 5.24. The Morgan fingerprint density at radius 2 is 2.00 bits per heavy atom. The van der Waals surface area contributed by atoms with E-state index in [4.69, 9.17) is 4.74 Å². The summed E-state index contributed by atoms with van der Waals surface area (Å²) in [4.78, 5) is 0. The summed E-state index contributed by atoms with van der Waals surface area (Å²) < 4.78 is 5.53. The first-order valence-corrected chi connectivity index (χ1v) is 5.14. The molecule has 0 N–H and O–H groups in total. The van der Waals surface area contributed by atoms with Crippen LogP contribution in [0.4, 0.5) is 0 Å². The van der Waals surface area contributed by atoms with Gasteiger partial charge in [-0.3, -0.25) is 0 Å². The smallest absolute Gasteiger partial charge is 0.0671 e. The summed E-state index contributed by atoms with van der Waals surface area (Å²) in [5.74, 6) is 0. The highest BCUT2D eigenvalue weighted by molar-refractivity contribution is 9.09. The maximum absolute atomic E-state index is 5.53. The van der Waals surface area contributed by atoms with E-state index in [2.05, 4.69) is 29.8 Å². The molecule has 2 heteroatoms. The lowest BCUT2D eigenvalue weighted by Crippen LogP contribution is -2.14. The lowest BCUT2D eigenvalue weighted by atomic mass is 10.2. The highest BCUT2D eigenvalue weighted by atomic mass is 79.9. The average Bonchev–Trinajstić information content (AvgIpc) is 1.98. The average molecular weight is 209 g/mol. The molecule has 1 atom stereocenters. The van der Waals surface area contributed by atoms with Crippen molar-refractivity contribution in [3.8, 4) is 0 Å². The van der Waals surface area contributed by atoms with Crippen LogP contribution in [0.1, 0.15) is 33.1 Å². The molecule has 0 fully saturated rings. The number of hydrogen-bond donors (Lipinski definition) is 0. The molecule has 10 heavy (non-hydrogen) atoms. The van der Waals surface area contributed by atoms with Gasteiger partial charge in [0.2, 0.25) is 0 Å². The normalized spacial score (nSPS) is 13.5. The molecular formula is C8H17BrO. The Labute approximate surface area is 72.3 Å². The predicted molar refractivity (Wildman–Crippen MR) is 48.7 cm³/mol. The van der Waals surface area contributed by atoms with Crippen LogP contribution in [0.15, 0.2) is 0 Å². The van der Waals surface area contributed by atoms with Crippen molar-refractivity contribution in [2.24, 2.45) is 0 Å². The molecule has 1 unspecified atom stereocenters. The number of hydrogen-bond acceptors (Lipinski definition) is 1. The Bertz CT molecular complexity index is 66.3. The highest BCUT2D eigenvalue weighted by Gasteiger charge is 2.03. The zero-order valence-corrected chi connectivity index (χ0v) is 8.49. The Morgan fingerprint density at radius 1 is 1.30 bits per heavy atom. The lowest BCUT2D eigenvalue weighted by molar-refractivity contribution is 0.0643. The fraction of sp³-hybridized carbons (Fsp3) is 1.00. The number of rotatable bonds is 6. The van der Waals surface area contributed by atoms with Crippen molar-refractivity contribution in [2.75, 3.05) is 11.9 Å². The fourth-order valence-corrected chi connectivity index (χ4v) is 1.32. The summed E-state index contributed by atoms with van der Waals surface area (Å²) in [5, 5.41) is 0.973. The van der Waals surface area contributed by atoms with Gasteiger partial charge in [0.15, 0.2) is 0 Å². The van der Waals surface area contributed by atoms with Crippen molar-refractivity contribution >= 4 is 15.9 Å². The van der Waals surface area contributed by atoms with E-state index in [9.17, 15) is 0 Å². The monoisotopic (exact) mass is 208 g/mol. The Kier molecular flexibility index (Phi) is 7.88. The van der Waals surface area contributed by atoms with Crippen LogP contribution in [0, 0.1) is 0 Å². The van der Waals surface area contributed by atoms with E-state index in [0.717, 1.165) is 18.4 Å². The van der Waals surface area contributed by atoms with Crippen molar-refractivity contribution in [3.05, 3.63) is 0 Å². The van der Waals surface area contributed by atoms with E-state index in [1.807, 2.05) is 0 Å². The molecule has 0 spiro atoms. The standard InChI is InChI=1S/C8H17BrO/c1-3-5-8(7-9)10-6-4-2/h8H,3-7H2,1-2H3. The SMILES string of the molecule is CCCOC(CBr)CCC. The minimum atomic E-state index is 0.435. The topological polar surface area (TPSA) is 9.23 Å². The third-order valence-corrected chi connectivity index (χ3v) is 2.06. The summed E-state index contributed by atoms with van der Waals surface area (Å²) in [6.07, 6.45) is 3.93. The summed E-state index contributed by atoms with van der Waals surface area (Å²) in [7, 11) is 0. The van der Waals surface area contributed by atoms with Crippen molar-refractivity contribution < 1.29 is 4.74 Å². The van der Waals surface area contributed by atoms with E-state index in [1.165, 1.54) is 12.8 Å². The van der Waals surface area contributed by atoms with Crippen molar-refractivity contribution in [1.82, 2.24) is 0 Å². The van der Waals surface area contributed by atoms with E-state index in [1.54, 1.807) is 0 Å². The third-order valence-electron chi connectivity index (χ3n) is 1.34. The summed E-state index contributed by atoms with van der Waals surface area (Å²) >= 11 is 3.42. The van der Waals surface area contributed by atoms with Crippen LogP contribution in [-0.2, 0) is 4.74 Å². The maximum Gasteiger partial charge on any atom is 0.0671 e. The molecule has 62 valence electrons. The van der Waals surface area contributed by atoms with Crippen LogP contribution in [0.25, 0.3) is 0 Å². The molecule has 0 aliphatic heterocycles. The quantitative estimate of drug-likeness (QED) is 0.611. The Balaban J connectivity index is 3.21. The zero-order valence-electron chi connectivity index (χ0n) is 6.90. The van der Waals surface area contributed by atoms with E-state index >= 15 is 0 Å². The zero-order chi connectivity index (χ0) is 7.82. The van der Waals surface area contributed by atoms with E-state index in [-0.39, 0.29) is 0 Å². The molecule has 0 aliphatic carbocycles. The second kappa shape index (κ2) is 7.55. The van der Waals surface area contributed by atoms with Gasteiger partial charge in [-0.15, -0.1) is 0 Å². The molecule has 0 saturated heterocycles. The van der Waals surface area contributed by atoms with Gasteiger partial charge in [0, 0.05) is 11.9 Å². The van der Waals surface area contributed by atoms with Gasteiger partial charge >= 0.3 is 0 Å². The van der Waals surface area contributed by atoms with Crippen molar-refractivity contribution in [1.29, 1.82) is 0 Å². The number of ether oxygens (including phenoxy) is 1. The molecule has 1 nitrogen and oxygen atoms in total. The minimum Gasteiger partial charge on any atom is -0.377 e. The predicted octanol–water partition coefficient (Wildman–Crippen LogP) is 2.98. The van der Waals surface area contributed by atoms with Gasteiger partial charge in [-0.2, -0.15) is 0 Å². The van der Waals surface area contributed by atoms with Gasteiger partial charge in [-0.25, -0.2) is 0 Å². The Morgan fingerprint density at radius 3 is 2.40 bits per heavy atom. The summed E-state index contributed by atoms with van der Waals surface area (Å²) in [6.45, 7) is 5.22. The molecule has 0 bridgehead atoms. The second-order valence-electron chi connectivity index (χ2n) is 2.44. The first-order valence-electron chi connectivity index (χ1n) is 4.02. The fourth-order valence-electron chi connectivity index (χ4n) is 0.812. The van der Waals surface area contributed by atoms with Gasteiger partial charge < -0.3 is 4.74 Å². The Hall–Kier alpha value is 0.440. The minimum absolute atomic E-state index is 0.435. The van der Waals surface area contributed by atoms with Gasteiger partial charge in [-0.1, -0.05) is 36.2 Å². The first kappa shape index (κ1) is 10.4. The molecule has 0 aliphatic rings. The van der Waals surface area contributed by atoms with Crippen molar-refractivity contribution in [2.45, 2.75) is 39.2 Å². The lowest BCUT2D eigenvalue weighted by Gasteiger charge is -2.12. The maximum atomic E-state index is 5.53. The molecular weight excluding hydrogens is 192 g/mol. The number of alkyl halides is 1. The summed E-state index contributed by atoms with van der Waals surface area (Å²) in [6, 6.07) is 0. The molecule has 0 amide bonds. The summed E-state index contributed by atoms with van der Waals surface area (Å²) in [5.41, 5.74) is 0. The molecule has 0 aromatic heterocycles. The largest absolute Gasteiger partial charge is 0.377 e. The molecule has 0 heterocycles. The van der Waals surface area contributed by atoms with Gasteiger partial charge in [-0.05, 0) is 12.8 Å². The van der Waals surface area contributed by atoms with Crippen LogP contribution in [-0.4, -0.2) is 18.0 Å². The molecule has 0 rings (SSSR count). The van der Waals surface area contributed by atoms with Crippen LogP contribution in [0.2, 0.25) is 0 Å². The second-order valence-corrected chi connectivity index (χ2v) is 3.08. The first-order chi connectivity index (χ1) is 4.85. The molecule has 0 aromatic carbocycles. The molecule has 0 radical (unpaired) electrons. The van der Waals surface area contributed by atoms with Crippen LogP contribution in [0.3, 0.4) is 0 Å². The van der Waals surface area contributed by atoms with E-state index < -0.39 is 0 Å². The van der Waals surface area contributed by atoms with Gasteiger partial charge in [0.25, 0.3) is 0 Å². The highest BCUT2D eigenvalue weighted by Crippen LogP contribution is 2.05. The van der Waals surface area contributed by atoms with Crippen molar-refractivity contribution in [3.63, 3.8) is 0 Å². The molecule has 0 saturated carbocycles. The van der Waals surface area contributed by atoms with Crippen LogP contribution in [0.5, 0.6) is 0 Å².